The molecule has 1 aromatic rings. The minimum atomic E-state index is 0.0843. The number of nitrogens with one attached hydrogen (secondary N) is 1. The van der Waals surface area contributed by atoms with E-state index in [1.807, 2.05) is 18.2 Å². The molecule has 0 radical (unpaired) electrons. The quantitative estimate of drug-likeness (QED) is 0.678. The number of benzene rings is 1. The topological polar surface area (TPSA) is 29.1 Å². The maximum atomic E-state index is 11.2. The van der Waals surface area contributed by atoms with Crippen molar-refractivity contribution in [3.63, 3.8) is 0 Å². The van der Waals surface area contributed by atoms with E-state index < -0.39 is 0 Å². The number of amides is 1. The van der Waals surface area contributed by atoms with E-state index in [0.717, 1.165) is 29.1 Å². The van der Waals surface area contributed by atoms with Gasteiger partial charge in [0, 0.05) is 17.1 Å². The Morgan fingerprint density at radius 3 is 3.00 bits per heavy atom. The number of rotatable bonds is 0. The molecular formula is C10H10ClNO. The van der Waals surface area contributed by atoms with Crippen molar-refractivity contribution in [2.75, 3.05) is 5.32 Å². The first-order valence-electron chi connectivity index (χ1n) is 4.34. The maximum absolute atomic E-state index is 11.2. The first-order valence-corrected chi connectivity index (χ1v) is 4.72. The first kappa shape index (κ1) is 8.57. The van der Waals surface area contributed by atoms with Crippen molar-refractivity contribution in [1.29, 1.82) is 0 Å². The van der Waals surface area contributed by atoms with E-state index in [0.29, 0.717) is 6.42 Å². The van der Waals surface area contributed by atoms with Gasteiger partial charge in [-0.2, -0.15) is 0 Å². The molecule has 2 rings (SSSR count). The highest BCUT2D eigenvalue weighted by molar-refractivity contribution is 6.31. The minimum absolute atomic E-state index is 0.0843. The van der Waals surface area contributed by atoms with E-state index in [9.17, 15) is 4.79 Å². The summed E-state index contributed by atoms with van der Waals surface area (Å²) in [6.07, 6.45) is 2.35. The van der Waals surface area contributed by atoms with Gasteiger partial charge in [0.2, 0.25) is 5.91 Å². The van der Waals surface area contributed by atoms with Crippen LogP contribution in [-0.2, 0) is 11.2 Å². The van der Waals surface area contributed by atoms with Crippen LogP contribution >= 0.6 is 11.6 Å². The summed E-state index contributed by atoms with van der Waals surface area (Å²) < 4.78 is 0. The third-order valence-electron chi connectivity index (χ3n) is 2.22. The molecule has 1 aliphatic heterocycles. The predicted octanol–water partition coefficient (Wildman–Crippen LogP) is 2.61. The van der Waals surface area contributed by atoms with E-state index >= 15 is 0 Å². The second-order valence-electron chi connectivity index (χ2n) is 3.17. The molecule has 1 aliphatic rings. The monoisotopic (exact) mass is 195 g/mol. The van der Waals surface area contributed by atoms with E-state index in [1.54, 1.807) is 0 Å². The van der Waals surface area contributed by atoms with Gasteiger partial charge < -0.3 is 5.32 Å². The molecule has 0 saturated carbocycles. The van der Waals surface area contributed by atoms with Crippen molar-refractivity contribution in [2.45, 2.75) is 19.3 Å². The minimum Gasteiger partial charge on any atom is -0.326 e. The number of carbonyl (C=O) groups is 1. The lowest BCUT2D eigenvalue weighted by atomic mass is 10.1. The van der Waals surface area contributed by atoms with E-state index in [1.165, 1.54) is 0 Å². The van der Waals surface area contributed by atoms with E-state index in [-0.39, 0.29) is 5.91 Å². The highest BCUT2D eigenvalue weighted by atomic mass is 35.5. The summed E-state index contributed by atoms with van der Waals surface area (Å²) in [5.74, 6) is 0.0843. The smallest absolute Gasteiger partial charge is 0.224 e. The highest BCUT2D eigenvalue weighted by Gasteiger charge is 2.14. The van der Waals surface area contributed by atoms with Crippen LogP contribution in [0.15, 0.2) is 18.2 Å². The van der Waals surface area contributed by atoms with Crippen LogP contribution in [-0.4, -0.2) is 5.91 Å². The Morgan fingerprint density at radius 2 is 2.15 bits per heavy atom. The third kappa shape index (κ3) is 1.68. The first-order chi connectivity index (χ1) is 6.27. The number of fused-ring (bicyclic) bond motifs is 1. The SMILES string of the molecule is O=C1CCCc2c(Cl)cccc2N1. The molecule has 0 bridgehead atoms. The zero-order chi connectivity index (χ0) is 9.26. The summed E-state index contributed by atoms with van der Waals surface area (Å²) in [7, 11) is 0. The fourth-order valence-corrected chi connectivity index (χ4v) is 1.84. The number of hydrogen-bond acceptors (Lipinski definition) is 1. The zero-order valence-corrected chi connectivity index (χ0v) is 7.90. The molecule has 0 aliphatic carbocycles. The molecule has 1 N–H and O–H groups in total. The molecule has 0 saturated heterocycles. The van der Waals surface area contributed by atoms with Crippen molar-refractivity contribution >= 4 is 23.2 Å². The average Bonchev–Trinajstić information content (AvgIpc) is 2.27. The van der Waals surface area contributed by atoms with Gasteiger partial charge >= 0.3 is 0 Å². The van der Waals surface area contributed by atoms with E-state index in [4.69, 9.17) is 11.6 Å². The predicted molar refractivity (Wildman–Crippen MR) is 53.0 cm³/mol. The molecule has 1 aromatic carbocycles. The molecule has 3 heteroatoms. The van der Waals surface area contributed by atoms with Crippen LogP contribution in [0.4, 0.5) is 5.69 Å². The van der Waals surface area contributed by atoms with Crippen molar-refractivity contribution < 1.29 is 4.79 Å². The van der Waals surface area contributed by atoms with Gasteiger partial charge in [0.15, 0.2) is 0 Å². The molecule has 13 heavy (non-hydrogen) atoms. The van der Waals surface area contributed by atoms with Crippen LogP contribution in [0.1, 0.15) is 18.4 Å². The summed E-state index contributed by atoms with van der Waals surface area (Å²) in [6, 6.07) is 5.61. The lowest BCUT2D eigenvalue weighted by molar-refractivity contribution is -0.116. The van der Waals surface area contributed by atoms with Gasteiger partial charge in [-0.3, -0.25) is 4.79 Å². The number of carbonyl (C=O) groups excluding carboxylic acids is 1. The van der Waals surface area contributed by atoms with Gasteiger partial charge in [-0.1, -0.05) is 17.7 Å². The molecule has 0 unspecified atom stereocenters. The Hall–Kier alpha value is -1.02. The molecule has 0 aromatic heterocycles. The van der Waals surface area contributed by atoms with Crippen LogP contribution in [0.5, 0.6) is 0 Å². The lowest BCUT2D eigenvalue weighted by Gasteiger charge is -2.07. The number of anilines is 1. The van der Waals surface area contributed by atoms with E-state index in [2.05, 4.69) is 5.32 Å². The Morgan fingerprint density at radius 1 is 1.31 bits per heavy atom. The molecule has 68 valence electrons. The van der Waals surface area contributed by atoms with Crippen molar-refractivity contribution in [2.24, 2.45) is 0 Å². The fraction of sp³-hybridized carbons (Fsp3) is 0.300. The maximum Gasteiger partial charge on any atom is 0.224 e. The Labute approximate surface area is 81.9 Å². The molecule has 1 heterocycles. The normalized spacial score (nSPS) is 15.9. The fourth-order valence-electron chi connectivity index (χ4n) is 1.57. The highest BCUT2D eigenvalue weighted by Crippen LogP contribution is 2.28. The molecule has 0 spiro atoms. The summed E-state index contributed by atoms with van der Waals surface area (Å²) in [4.78, 5) is 11.2. The summed E-state index contributed by atoms with van der Waals surface area (Å²) in [6.45, 7) is 0. The average molecular weight is 196 g/mol. The van der Waals surface area contributed by atoms with Crippen molar-refractivity contribution in [3.05, 3.63) is 28.8 Å². The standard InChI is InChI=1S/C10H10ClNO/c11-8-4-2-5-9-7(8)3-1-6-10(13)12-9/h2,4-5H,1,3,6H2,(H,12,13). The number of hydrogen-bond donors (Lipinski definition) is 1. The van der Waals surface area contributed by atoms with Gasteiger partial charge in [-0.25, -0.2) is 0 Å². The van der Waals surface area contributed by atoms with Gasteiger partial charge in [0.25, 0.3) is 0 Å². The van der Waals surface area contributed by atoms with Crippen LogP contribution in [0.2, 0.25) is 5.02 Å². The van der Waals surface area contributed by atoms with Gasteiger partial charge in [-0.05, 0) is 30.5 Å². The second kappa shape index (κ2) is 3.38. The largest absolute Gasteiger partial charge is 0.326 e. The van der Waals surface area contributed by atoms with Gasteiger partial charge in [0.05, 0.1) is 0 Å². The second-order valence-corrected chi connectivity index (χ2v) is 3.57. The van der Waals surface area contributed by atoms with Crippen LogP contribution in [0, 0.1) is 0 Å². The van der Waals surface area contributed by atoms with Crippen molar-refractivity contribution in [1.82, 2.24) is 0 Å². The lowest BCUT2D eigenvalue weighted by Crippen LogP contribution is -2.08. The zero-order valence-electron chi connectivity index (χ0n) is 7.14. The number of halogens is 1. The molecule has 2 nitrogen and oxygen atoms in total. The van der Waals surface area contributed by atoms with Gasteiger partial charge in [-0.15, -0.1) is 0 Å². The summed E-state index contributed by atoms with van der Waals surface area (Å²) in [5.41, 5.74) is 1.94. The molecule has 1 amide bonds. The summed E-state index contributed by atoms with van der Waals surface area (Å²) in [5, 5.41) is 3.59. The molecular weight excluding hydrogens is 186 g/mol. The Kier molecular flexibility index (Phi) is 2.23. The Bertz CT molecular complexity index is 349. The van der Waals surface area contributed by atoms with Crippen molar-refractivity contribution in [3.8, 4) is 0 Å². The van der Waals surface area contributed by atoms with Gasteiger partial charge in [0.1, 0.15) is 0 Å². The molecule has 0 atom stereocenters. The van der Waals surface area contributed by atoms with Crippen LogP contribution in [0.3, 0.4) is 0 Å². The van der Waals surface area contributed by atoms with Crippen LogP contribution in [0.25, 0.3) is 0 Å². The van der Waals surface area contributed by atoms with Crippen LogP contribution < -0.4 is 5.32 Å². The Balaban J connectivity index is 2.45. The third-order valence-corrected chi connectivity index (χ3v) is 2.58. The summed E-state index contributed by atoms with van der Waals surface area (Å²) >= 11 is 6.01. The molecule has 0 fully saturated rings.